The van der Waals surface area contributed by atoms with E-state index in [1.165, 1.54) is 6.07 Å². The normalized spacial score (nSPS) is 11.3. The maximum absolute atomic E-state index is 12.6. The number of pyridine rings is 1. The highest BCUT2D eigenvalue weighted by molar-refractivity contribution is 7.93. The van der Waals surface area contributed by atoms with Crippen molar-refractivity contribution in [3.63, 3.8) is 0 Å². The van der Waals surface area contributed by atoms with Gasteiger partial charge >= 0.3 is 0 Å². The number of methoxy groups -OCH3 is 1. The molecule has 0 aliphatic carbocycles. The molecule has 3 N–H and O–H groups in total. The quantitative estimate of drug-likeness (QED) is 0.718. The molecule has 1 aromatic heterocycles. The van der Waals surface area contributed by atoms with Gasteiger partial charge in [-0.05, 0) is 36.4 Å². The summed E-state index contributed by atoms with van der Waals surface area (Å²) in [6.07, 6.45) is 1.59. The first-order valence-electron chi connectivity index (χ1n) is 6.82. The van der Waals surface area contributed by atoms with Crippen LogP contribution in [0.5, 0.6) is 5.75 Å². The molecule has 0 saturated heterocycles. The number of rotatable bonds is 4. The molecule has 0 spiro atoms. The smallest absolute Gasteiger partial charge is 0.264 e. The Balaban J connectivity index is 2.11. The predicted octanol–water partition coefficient (Wildman–Crippen LogP) is 2.63. The van der Waals surface area contributed by atoms with Crippen molar-refractivity contribution in [2.75, 3.05) is 17.6 Å². The van der Waals surface area contributed by atoms with Gasteiger partial charge in [0.25, 0.3) is 10.0 Å². The number of benzene rings is 2. The standard InChI is InChI=1S/C16H15N3O3S/c1-22-14-9-8-13(16-11(14)5-4-10-18-16)19-23(20,21)15-7-3-2-6-12(15)17/h2-10,19H,17H2,1H3. The van der Waals surface area contributed by atoms with Gasteiger partial charge < -0.3 is 10.5 Å². The van der Waals surface area contributed by atoms with Crippen LogP contribution in [0.2, 0.25) is 0 Å². The van der Waals surface area contributed by atoms with Crippen molar-refractivity contribution in [2.24, 2.45) is 0 Å². The van der Waals surface area contributed by atoms with Gasteiger partial charge in [0.05, 0.1) is 24.0 Å². The van der Waals surface area contributed by atoms with Gasteiger partial charge in [0.2, 0.25) is 0 Å². The Kier molecular flexibility index (Phi) is 3.79. The lowest BCUT2D eigenvalue weighted by Crippen LogP contribution is -2.15. The van der Waals surface area contributed by atoms with E-state index < -0.39 is 10.0 Å². The topological polar surface area (TPSA) is 94.3 Å². The molecule has 0 radical (unpaired) electrons. The van der Waals surface area contributed by atoms with E-state index in [0.29, 0.717) is 17.0 Å². The Bertz CT molecular complexity index is 971. The lowest BCUT2D eigenvalue weighted by molar-refractivity contribution is 0.420. The third-order valence-electron chi connectivity index (χ3n) is 3.40. The summed E-state index contributed by atoms with van der Waals surface area (Å²) in [5.74, 6) is 0.621. The second-order valence-corrected chi connectivity index (χ2v) is 6.51. The van der Waals surface area contributed by atoms with Crippen molar-refractivity contribution in [1.29, 1.82) is 0 Å². The van der Waals surface area contributed by atoms with Gasteiger partial charge in [0, 0.05) is 11.6 Å². The monoisotopic (exact) mass is 329 g/mol. The number of nitrogens with one attached hydrogen (secondary N) is 1. The van der Waals surface area contributed by atoms with Crippen molar-refractivity contribution >= 4 is 32.3 Å². The van der Waals surface area contributed by atoms with E-state index in [1.807, 2.05) is 6.07 Å². The number of fused-ring (bicyclic) bond motifs is 1. The van der Waals surface area contributed by atoms with E-state index in [9.17, 15) is 8.42 Å². The average Bonchev–Trinajstić information content (AvgIpc) is 2.55. The first-order chi connectivity index (χ1) is 11.0. The Labute approximate surface area is 134 Å². The van der Waals surface area contributed by atoms with Gasteiger partial charge in [0.1, 0.15) is 10.6 Å². The lowest BCUT2D eigenvalue weighted by Gasteiger charge is -2.13. The molecule has 0 saturated carbocycles. The van der Waals surface area contributed by atoms with Crippen molar-refractivity contribution in [3.8, 4) is 5.75 Å². The van der Waals surface area contributed by atoms with Gasteiger partial charge in [-0.2, -0.15) is 0 Å². The minimum atomic E-state index is -3.81. The third-order valence-corrected chi connectivity index (χ3v) is 4.84. The molecule has 0 aliphatic rings. The molecule has 6 nitrogen and oxygen atoms in total. The van der Waals surface area contributed by atoms with Crippen LogP contribution in [-0.2, 0) is 10.0 Å². The first kappa shape index (κ1) is 15.1. The van der Waals surface area contributed by atoms with Gasteiger partial charge in [-0.1, -0.05) is 12.1 Å². The van der Waals surface area contributed by atoms with Crippen LogP contribution < -0.4 is 15.2 Å². The number of sulfonamides is 1. The van der Waals surface area contributed by atoms with Crippen LogP contribution in [0.4, 0.5) is 11.4 Å². The summed E-state index contributed by atoms with van der Waals surface area (Å²) in [6.45, 7) is 0. The van der Waals surface area contributed by atoms with Gasteiger partial charge in [-0.15, -0.1) is 0 Å². The highest BCUT2D eigenvalue weighted by Crippen LogP contribution is 2.31. The maximum atomic E-state index is 12.6. The molecule has 7 heteroatoms. The zero-order valence-electron chi connectivity index (χ0n) is 12.4. The van der Waals surface area contributed by atoms with Crippen LogP contribution in [0.3, 0.4) is 0 Å². The Morgan fingerprint density at radius 2 is 1.87 bits per heavy atom. The molecule has 0 bridgehead atoms. The summed E-state index contributed by atoms with van der Waals surface area (Å²) >= 11 is 0. The van der Waals surface area contributed by atoms with Crippen molar-refractivity contribution in [2.45, 2.75) is 4.90 Å². The fraction of sp³-hybridized carbons (Fsp3) is 0.0625. The summed E-state index contributed by atoms with van der Waals surface area (Å²) in [6, 6.07) is 13.2. The number of nitrogen functional groups attached to an aromatic ring is 1. The Hall–Kier alpha value is -2.80. The van der Waals surface area contributed by atoms with Crippen LogP contribution in [-0.4, -0.2) is 20.5 Å². The molecule has 0 amide bonds. The first-order valence-corrected chi connectivity index (χ1v) is 8.30. The summed E-state index contributed by atoms with van der Waals surface area (Å²) in [5, 5.41) is 0.719. The second-order valence-electron chi connectivity index (χ2n) is 4.86. The molecule has 0 unspecified atom stereocenters. The van der Waals surface area contributed by atoms with Gasteiger partial charge in [0.15, 0.2) is 0 Å². The largest absolute Gasteiger partial charge is 0.496 e. The number of anilines is 2. The average molecular weight is 329 g/mol. The fourth-order valence-electron chi connectivity index (χ4n) is 2.33. The molecular formula is C16H15N3O3S. The summed E-state index contributed by atoms with van der Waals surface area (Å²) in [4.78, 5) is 4.28. The van der Waals surface area contributed by atoms with E-state index in [0.717, 1.165) is 5.39 Å². The maximum Gasteiger partial charge on any atom is 0.264 e. The molecule has 3 rings (SSSR count). The van der Waals surface area contributed by atoms with Crippen molar-refractivity contribution in [1.82, 2.24) is 4.98 Å². The molecule has 23 heavy (non-hydrogen) atoms. The van der Waals surface area contributed by atoms with Crippen LogP contribution in [0.25, 0.3) is 10.9 Å². The van der Waals surface area contributed by atoms with Crippen LogP contribution >= 0.6 is 0 Å². The second kappa shape index (κ2) is 5.77. The fourth-order valence-corrected chi connectivity index (χ4v) is 3.53. The third kappa shape index (κ3) is 2.78. The minimum Gasteiger partial charge on any atom is -0.496 e. The van der Waals surface area contributed by atoms with Gasteiger partial charge in [-0.25, -0.2) is 8.42 Å². The number of para-hydroxylation sites is 1. The van der Waals surface area contributed by atoms with Crippen LogP contribution in [0.15, 0.2) is 59.6 Å². The van der Waals surface area contributed by atoms with Crippen LogP contribution in [0, 0.1) is 0 Å². The SMILES string of the molecule is COc1ccc(NS(=O)(=O)c2ccccc2N)c2ncccc12. The number of ether oxygens (including phenoxy) is 1. The molecular weight excluding hydrogens is 314 g/mol. The van der Waals surface area contributed by atoms with Crippen LogP contribution in [0.1, 0.15) is 0 Å². The molecule has 0 fully saturated rings. The predicted molar refractivity (Wildman–Crippen MR) is 90.0 cm³/mol. The number of hydrogen-bond donors (Lipinski definition) is 2. The van der Waals surface area contributed by atoms with E-state index in [1.54, 1.807) is 49.7 Å². The van der Waals surface area contributed by atoms with E-state index in [4.69, 9.17) is 10.5 Å². The molecule has 0 atom stereocenters. The Morgan fingerprint density at radius 3 is 2.61 bits per heavy atom. The molecule has 2 aromatic carbocycles. The molecule has 0 aliphatic heterocycles. The highest BCUT2D eigenvalue weighted by Gasteiger charge is 2.19. The lowest BCUT2D eigenvalue weighted by atomic mass is 10.2. The van der Waals surface area contributed by atoms with E-state index in [-0.39, 0.29) is 10.6 Å². The zero-order chi connectivity index (χ0) is 16.4. The van der Waals surface area contributed by atoms with Gasteiger partial charge in [-0.3, -0.25) is 9.71 Å². The zero-order valence-corrected chi connectivity index (χ0v) is 13.2. The van der Waals surface area contributed by atoms with E-state index in [2.05, 4.69) is 9.71 Å². The molecule has 118 valence electrons. The summed E-state index contributed by atoms with van der Waals surface area (Å²) in [5.41, 5.74) is 6.82. The Morgan fingerprint density at radius 1 is 1.09 bits per heavy atom. The van der Waals surface area contributed by atoms with Crippen molar-refractivity contribution in [3.05, 3.63) is 54.7 Å². The number of hydrogen-bond acceptors (Lipinski definition) is 5. The highest BCUT2D eigenvalue weighted by atomic mass is 32.2. The van der Waals surface area contributed by atoms with E-state index >= 15 is 0 Å². The number of nitrogens with zero attached hydrogens (tertiary/aromatic N) is 1. The number of nitrogens with two attached hydrogens (primary N) is 1. The number of aromatic nitrogens is 1. The minimum absolute atomic E-state index is 0.0277. The molecule has 1 heterocycles. The summed E-state index contributed by atoms with van der Waals surface area (Å²) < 4.78 is 33.0. The summed E-state index contributed by atoms with van der Waals surface area (Å²) in [7, 11) is -2.26. The molecule has 3 aromatic rings. The van der Waals surface area contributed by atoms with Crippen molar-refractivity contribution < 1.29 is 13.2 Å².